The number of aromatic amines is 1. The maximum atomic E-state index is 12.5. The Balaban J connectivity index is 1.66. The van der Waals surface area contributed by atoms with Gasteiger partial charge in [-0.2, -0.15) is 0 Å². The molecule has 5 nitrogen and oxygen atoms in total. The maximum Gasteiger partial charge on any atom is 0.251 e. The van der Waals surface area contributed by atoms with Crippen LogP contribution in [0, 0.1) is 5.92 Å². The molecular formula is C20H21BrN4OS. The third kappa shape index (κ3) is 5.43. The molecule has 0 aliphatic heterocycles. The van der Waals surface area contributed by atoms with E-state index in [1.807, 2.05) is 44.2 Å². The largest absolute Gasteiger partial charge is 0.342 e. The number of benzene rings is 2. The second-order valence-electron chi connectivity index (χ2n) is 6.48. The van der Waals surface area contributed by atoms with Crippen LogP contribution in [-0.4, -0.2) is 21.1 Å². The lowest BCUT2D eigenvalue weighted by molar-refractivity contribution is 0.0923. The lowest BCUT2D eigenvalue weighted by atomic mass is 10.0. The predicted molar refractivity (Wildman–Crippen MR) is 112 cm³/mol. The number of carbonyl (C=O) groups excluding carboxylic acids is 1. The quantitative estimate of drug-likeness (QED) is 0.503. The van der Waals surface area contributed by atoms with Gasteiger partial charge < -0.3 is 5.32 Å². The molecule has 1 aromatic heterocycles. The fraction of sp³-hybridized carbons (Fsp3) is 0.250. The van der Waals surface area contributed by atoms with Crippen molar-refractivity contribution in [1.29, 1.82) is 0 Å². The van der Waals surface area contributed by atoms with Gasteiger partial charge in [0.25, 0.3) is 5.91 Å². The van der Waals surface area contributed by atoms with Gasteiger partial charge in [0.15, 0.2) is 0 Å². The second-order valence-corrected chi connectivity index (χ2v) is 8.34. The molecule has 2 aromatic carbocycles. The van der Waals surface area contributed by atoms with Crippen molar-refractivity contribution in [2.24, 2.45) is 5.92 Å². The molecule has 0 spiro atoms. The number of aromatic nitrogens is 3. The molecule has 0 saturated carbocycles. The van der Waals surface area contributed by atoms with Crippen LogP contribution in [0.3, 0.4) is 0 Å². The van der Waals surface area contributed by atoms with Gasteiger partial charge in [0.2, 0.25) is 5.16 Å². The van der Waals surface area contributed by atoms with Crippen LogP contribution in [0.4, 0.5) is 0 Å². The zero-order chi connectivity index (χ0) is 19.2. The van der Waals surface area contributed by atoms with E-state index in [4.69, 9.17) is 0 Å². The highest BCUT2D eigenvalue weighted by molar-refractivity contribution is 9.10. The Labute approximate surface area is 171 Å². The van der Waals surface area contributed by atoms with E-state index >= 15 is 0 Å². The molecule has 1 amide bonds. The van der Waals surface area contributed by atoms with Gasteiger partial charge >= 0.3 is 0 Å². The van der Waals surface area contributed by atoms with Crippen molar-refractivity contribution in [3.05, 3.63) is 76.0 Å². The normalized spacial score (nSPS) is 12.1. The molecule has 1 heterocycles. The molecule has 7 heteroatoms. The zero-order valence-corrected chi connectivity index (χ0v) is 17.5. The van der Waals surface area contributed by atoms with Crippen molar-refractivity contribution >= 4 is 33.6 Å². The third-order valence-corrected chi connectivity index (χ3v) is 5.49. The van der Waals surface area contributed by atoms with Crippen molar-refractivity contribution in [3.63, 3.8) is 0 Å². The summed E-state index contributed by atoms with van der Waals surface area (Å²) in [6.45, 7) is 4.10. The first kappa shape index (κ1) is 19.6. The van der Waals surface area contributed by atoms with Crippen LogP contribution >= 0.6 is 27.7 Å². The standard InChI is InChI=1S/C20H21BrN4OS/c1-13(2)17(22-19(26)15-6-4-3-5-7-15)18-23-20(25-24-18)27-12-14-8-10-16(21)11-9-14/h3-11,13,17H,12H2,1-2H3,(H,22,26)(H,23,24,25). The van der Waals surface area contributed by atoms with Crippen LogP contribution in [0.2, 0.25) is 0 Å². The zero-order valence-electron chi connectivity index (χ0n) is 15.1. The molecule has 3 aromatic rings. The number of amides is 1. The van der Waals surface area contributed by atoms with Crippen molar-refractivity contribution < 1.29 is 4.79 Å². The summed E-state index contributed by atoms with van der Waals surface area (Å²) < 4.78 is 1.06. The van der Waals surface area contributed by atoms with Crippen molar-refractivity contribution in [2.75, 3.05) is 0 Å². The molecule has 0 fully saturated rings. The predicted octanol–water partition coefficient (Wildman–Crippen LogP) is 4.99. The lowest BCUT2D eigenvalue weighted by Crippen LogP contribution is -2.32. The number of halogens is 1. The van der Waals surface area contributed by atoms with Crippen molar-refractivity contribution in [2.45, 2.75) is 30.8 Å². The Morgan fingerprint density at radius 2 is 1.85 bits per heavy atom. The van der Waals surface area contributed by atoms with Gasteiger partial charge in [-0.1, -0.05) is 71.9 Å². The Morgan fingerprint density at radius 1 is 1.15 bits per heavy atom. The summed E-state index contributed by atoms with van der Waals surface area (Å²) in [5, 5.41) is 11.0. The summed E-state index contributed by atoms with van der Waals surface area (Å²) in [6, 6.07) is 17.1. The Hall–Kier alpha value is -2.12. The number of nitrogens with one attached hydrogen (secondary N) is 2. The van der Waals surface area contributed by atoms with E-state index in [-0.39, 0.29) is 17.9 Å². The summed E-state index contributed by atoms with van der Waals surface area (Å²) in [7, 11) is 0. The summed E-state index contributed by atoms with van der Waals surface area (Å²) in [5.41, 5.74) is 1.83. The second kappa shape index (κ2) is 9.19. The molecule has 1 atom stereocenters. The van der Waals surface area contributed by atoms with Crippen LogP contribution in [0.1, 0.15) is 41.6 Å². The van der Waals surface area contributed by atoms with E-state index in [9.17, 15) is 4.79 Å². The van der Waals surface area contributed by atoms with E-state index < -0.39 is 0 Å². The SMILES string of the molecule is CC(C)C(NC(=O)c1ccccc1)c1nc(SCc2ccc(Br)cc2)n[nH]1. The fourth-order valence-corrected chi connectivity index (χ4v) is 3.58. The Kier molecular flexibility index (Phi) is 6.68. The molecule has 1 unspecified atom stereocenters. The molecule has 0 aliphatic carbocycles. The van der Waals surface area contributed by atoms with Crippen LogP contribution in [0.25, 0.3) is 0 Å². The topological polar surface area (TPSA) is 70.7 Å². The van der Waals surface area contributed by atoms with Gasteiger partial charge in [0, 0.05) is 15.8 Å². The fourth-order valence-electron chi connectivity index (χ4n) is 2.56. The molecule has 0 bridgehead atoms. The van der Waals surface area contributed by atoms with Gasteiger partial charge in [0.05, 0.1) is 6.04 Å². The number of carbonyl (C=O) groups is 1. The average molecular weight is 445 g/mol. The highest BCUT2D eigenvalue weighted by atomic mass is 79.9. The molecule has 0 radical (unpaired) electrons. The van der Waals surface area contributed by atoms with E-state index in [0.717, 1.165) is 10.2 Å². The van der Waals surface area contributed by atoms with Crippen molar-refractivity contribution in [3.8, 4) is 0 Å². The first-order valence-corrected chi connectivity index (χ1v) is 10.5. The van der Waals surface area contributed by atoms with Crippen LogP contribution < -0.4 is 5.32 Å². The van der Waals surface area contributed by atoms with Gasteiger partial charge in [-0.25, -0.2) is 4.98 Å². The van der Waals surface area contributed by atoms with Crippen LogP contribution in [0.15, 0.2) is 64.2 Å². The average Bonchev–Trinajstić information content (AvgIpc) is 3.14. The third-order valence-electron chi connectivity index (χ3n) is 4.05. The van der Waals surface area contributed by atoms with Crippen molar-refractivity contribution in [1.82, 2.24) is 20.5 Å². The molecule has 2 N–H and O–H groups in total. The molecule has 3 rings (SSSR count). The van der Waals surface area contributed by atoms with Gasteiger partial charge in [0.1, 0.15) is 5.82 Å². The summed E-state index contributed by atoms with van der Waals surface area (Å²) in [5.74, 6) is 1.52. The minimum absolute atomic E-state index is 0.116. The number of hydrogen-bond donors (Lipinski definition) is 2. The molecule has 27 heavy (non-hydrogen) atoms. The van der Waals surface area contributed by atoms with E-state index in [1.54, 1.807) is 23.9 Å². The van der Waals surface area contributed by atoms with Gasteiger partial charge in [-0.3, -0.25) is 9.89 Å². The van der Waals surface area contributed by atoms with Crippen LogP contribution in [-0.2, 0) is 5.75 Å². The molecule has 140 valence electrons. The van der Waals surface area contributed by atoms with Crippen LogP contribution in [0.5, 0.6) is 0 Å². The Bertz CT molecular complexity index is 881. The number of rotatable bonds is 7. The Morgan fingerprint density at radius 3 is 2.52 bits per heavy atom. The number of nitrogens with zero attached hydrogens (tertiary/aromatic N) is 2. The smallest absolute Gasteiger partial charge is 0.251 e. The minimum atomic E-state index is -0.229. The van der Waals surface area contributed by atoms with Gasteiger partial charge in [-0.05, 0) is 35.7 Å². The summed E-state index contributed by atoms with van der Waals surface area (Å²) in [4.78, 5) is 17.1. The summed E-state index contributed by atoms with van der Waals surface area (Å²) in [6.07, 6.45) is 0. The lowest BCUT2D eigenvalue weighted by Gasteiger charge is -2.19. The molecular weight excluding hydrogens is 424 g/mol. The first-order chi connectivity index (χ1) is 13.0. The molecule has 0 saturated heterocycles. The van der Waals surface area contributed by atoms with Gasteiger partial charge in [-0.15, -0.1) is 5.10 Å². The highest BCUT2D eigenvalue weighted by Gasteiger charge is 2.22. The van der Waals surface area contributed by atoms with E-state index in [2.05, 4.69) is 48.6 Å². The van der Waals surface area contributed by atoms with E-state index in [0.29, 0.717) is 16.5 Å². The number of thioether (sulfide) groups is 1. The number of hydrogen-bond acceptors (Lipinski definition) is 4. The van der Waals surface area contributed by atoms with E-state index in [1.165, 1.54) is 5.56 Å². The summed E-state index contributed by atoms with van der Waals surface area (Å²) >= 11 is 5.00. The molecule has 0 aliphatic rings. The number of H-pyrrole nitrogens is 1. The minimum Gasteiger partial charge on any atom is -0.342 e. The highest BCUT2D eigenvalue weighted by Crippen LogP contribution is 2.24. The maximum absolute atomic E-state index is 12.5. The first-order valence-electron chi connectivity index (χ1n) is 8.68. The monoisotopic (exact) mass is 444 g/mol.